The maximum absolute atomic E-state index is 13.2. The van der Waals surface area contributed by atoms with Crippen LogP contribution in [0.4, 0.5) is 0 Å². The fraction of sp³-hybridized carbons (Fsp3) is 0.400. The number of hydrogen-bond donors (Lipinski definition) is 0. The highest BCUT2D eigenvalue weighted by atomic mass is 16.5. The number of aromatic nitrogens is 2. The van der Waals surface area contributed by atoms with Gasteiger partial charge in [0.15, 0.2) is 5.82 Å². The maximum atomic E-state index is 13.2. The second-order valence-electron chi connectivity index (χ2n) is 8.37. The van der Waals surface area contributed by atoms with E-state index in [0.29, 0.717) is 22.6 Å². The van der Waals surface area contributed by atoms with Crippen molar-refractivity contribution < 1.29 is 4.74 Å². The van der Waals surface area contributed by atoms with Gasteiger partial charge in [-0.2, -0.15) is 9.78 Å². The Hall–Kier alpha value is -2.95. The number of nitrogens with zero attached hydrogens (tertiary/aromatic N) is 3. The summed E-state index contributed by atoms with van der Waals surface area (Å²) in [4.78, 5) is 18.0. The van der Waals surface area contributed by atoms with Gasteiger partial charge in [-0.25, -0.2) is 4.98 Å². The van der Waals surface area contributed by atoms with Crippen molar-refractivity contribution in [3.8, 4) is 5.75 Å². The van der Waals surface area contributed by atoms with E-state index < -0.39 is 0 Å². The minimum Gasteiger partial charge on any atom is -0.485 e. The molecule has 0 unspecified atom stereocenters. The summed E-state index contributed by atoms with van der Waals surface area (Å²) >= 11 is 0. The number of hydrogen-bond acceptors (Lipinski definition) is 4. The van der Waals surface area contributed by atoms with E-state index in [1.165, 1.54) is 11.1 Å². The number of fused-ring (bicyclic) bond motifs is 1. The van der Waals surface area contributed by atoms with Gasteiger partial charge in [-0.05, 0) is 67.9 Å². The summed E-state index contributed by atoms with van der Waals surface area (Å²) in [5.74, 6) is 1.71. The van der Waals surface area contributed by atoms with Gasteiger partial charge in [0, 0.05) is 5.71 Å². The largest absolute Gasteiger partial charge is 0.485 e. The highest BCUT2D eigenvalue weighted by Crippen LogP contribution is 2.28. The van der Waals surface area contributed by atoms with Crippen LogP contribution >= 0.6 is 0 Å². The van der Waals surface area contributed by atoms with Crippen molar-refractivity contribution in [3.05, 3.63) is 69.8 Å². The molecule has 4 rings (SSSR count). The Morgan fingerprint density at radius 3 is 2.63 bits per heavy atom. The summed E-state index contributed by atoms with van der Waals surface area (Å²) in [5, 5.41) is 5.32. The third-order valence-electron chi connectivity index (χ3n) is 5.64. The van der Waals surface area contributed by atoms with Crippen molar-refractivity contribution in [3.63, 3.8) is 0 Å². The predicted molar refractivity (Wildman–Crippen MR) is 122 cm³/mol. The first-order valence-electron chi connectivity index (χ1n) is 10.8. The lowest BCUT2D eigenvalue weighted by Crippen LogP contribution is -2.25. The zero-order valence-corrected chi connectivity index (χ0v) is 18.0. The third-order valence-corrected chi connectivity index (χ3v) is 5.64. The van der Waals surface area contributed by atoms with Gasteiger partial charge in [0.05, 0.1) is 10.9 Å². The third kappa shape index (κ3) is 4.30. The van der Waals surface area contributed by atoms with Crippen LogP contribution in [-0.2, 0) is 6.61 Å². The number of para-hydroxylation sites is 1. The molecule has 1 fully saturated rings. The molecule has 1 aliphatic rings. The fourth-order valence-corrected chi connectivity index (χ4v) is 3.95. The molecular weight excluding hydrogens is 374 g/mol. The van der Waals surface area contributed by atoms with Crippen molar-refractivity contribution in [2.75, 3.05) is 0 Å². The van der Waals surface area contributed by atoms with Gasteiger partial charge in [0.25, 0.3) is 5.56 Å². The molecule has 3 aromatic rings. The molecule has 0 saturated heterocycles. The lowest BCUT2D eigenvalue weighted by Gasteiger charge is -2.17. The number of ether oxygens (including phenoxy) is 1. The van der Waals surface area contributed by atoms with Gasteiger partial charge < -0.3 is 4.74 Å². The molecular formula is C25H29N3O2. The lowest BCUT2D eigenvalue weighted by molar-refractivity contribution is 0.285. The molecule has 1 heterocycles. The van der Waals surface area contributed by atoms with Crippen LogP contribution in [0.1, 0.15) is 68.8 Å². The van der Waals surface area contributed by atoms with E-state index in [1.54, 1.807) is 0 Å². The molecule has 0 spiro atoms. The Morgan fingerprint density at radius 2 is 1.87 bits per heavy atom. The van der Waals surface area contributed by atoms with Crippen LogP contribution < -0.4 is 10.3 Å². The zero-order chi connectivity index (χ0) is 21.1. The summed E-state index contributed by atoms with van der Waals surface area (Å²) in [5.41, 5.74) is 3.90. The average Bonchev–Trinajstić information content (AvgIpc) is 2.75. The monoisotopic (exact) mass is 403 g/mol. The van der Waals surface area contributed by atoms with Crippen LogP contribution in [-0.4, -0.2) is 15.4 Å². The van der Waals surface area contributed by atoms with E-state index in [1.807, 2.05) is 30.3 Å². The number of aryl methyl sites for hydroxylation is 1. The summed E-state index contributed by atoms with van der Waals surface area (Å²) in [6.45, 7) is 6.55. The molecule has 2 aromatic carbocycles. The molecule has 0 amide bonds. The molecule has 5 heteroatoms. The zero-order valence-electron chi connectivity index (χ0n) is 18.0. The van der Waals surface area contributed by atoms with Crippen molar-refractivity contribution in [1.29, 1.82) is 0 Å². The van der Waals surface area contributed by atoms with Gasteiger partial charge >= 0.3 is 0 Å². The highest BCUT2D eigenvalue weighted by Gasteiger charge is 2.15. The van der Waals surface area contributed by atoms with Crippen molar-refractivity contribution in [2.45, 2.75) is 65.4 Å². The van der Waals surface area contributed by atoms with Gasteiger partial charge in [-0.1, -0.05) is 44.5 Å². The van der Waals surface area contributed by atoms with Crippen LogP contribution in [0.15, 0.2) is 52.4 Å². The van der Waals surface area contributed by atoms with Crippen molar-refractivity contribution >= 4 is 16.6 Å². The van der Waals surface area contributed by atoms with Crippen LogP contribution in [0.2, 0.25) is 0 Å². The highest BCUT2D eigenvalue weighted by molar-refractivity contribution is 5.85. The van der Waals surface area contributed by atoms with Gasteiger partial charge in [0.2, 0.25) is 0 Å². The molecule has 1 saturated carbocycles. The molecule has 0 N–H and O–H groups in total. The maximum Gasteiger partial charge on any atom is 0.282 e. The Labute approximate surface area is 177 Å². The van der Waals surface area contributed by atoms with Crippen LogP contribution in [0, 0.1) is 6.92 Å². The smallest absolute Gasteiger partial charge is 0.282 e. The second kappa shape index (κ2) is 8.82. The number of rotatable bonds is 5. The molecule has 30 heavy (non-hydrogen) atoms. The Morgan fingerprint density at radius 1 is 1.10 bits per heavy atom. The predicted octanol–water partition coefficient (Wildman–Crippen LogP) is 5.58. The molecule has 1 aliphatic carbocycles. The van der Waals surface area contributed by atoms with E-state index in [9.17, 15) is 4.79 Å². The Balaban J connectivity index is 1.75. The summed E-state index contributed by atoms with van der Waals surface area (Å²) < 4.78 is 7.67. The summed E-state index contributed by atoms with van der Waals surface area (Å²) in [6, 6.07) is 13.7. The van der Waals surface area contributed by atoms with E-state index in [0.717, 1.165) is 48.3 Å². The molecule has 0 atom stereocenters. The van der Waals surface area contributed by atoms with Gasteiger partial charge in [0.1, 0.15) is 12.4 Å². The minimum atomic E-state index is -0.134. The molecule has 5 nitrogen and oxygen atoms in total. The first-order valence-corrected chi connectivity index (χ1v) is 10.8. The van der Waals surface area contributed by atoms with Crippen molar-refractivity contribution in [1.82, 2.24) is 9.66 Å². The summed E-state index contributed by atoms with van der Waals surface area (Å²) in [6.07, 6.45) is 5.36. The summed E-state index contributed by atoms with van der Waals surface area (Å²) in [7, 11) is 0. The second-order valence-corrected chi connectivity index (χ2v) is 8.37. The van der Waals surface area contributed by atoms with E-state index in [-0.39, 0.29) is 12.2 Å². The first kappa shape index (κ1) is 20.3. The normalized spacial score (nSPS) is 14.3. The topological polar surface area (TPSA) is 56.5 Å². The van der Waals surface area contributed by atoms with Gasteiger partial charge in [-0.15, -0.1) is 0 Å². The molecule has 0 bridgehead atoms. The van der Waals surface area contributed by atoms with Crippen LogP contribution in [0.5, 0.6) is 5.75 Å². The molecule has 0 radical (unpaired) electrons. The van der Waals surface area contributed by atoms with Gasteiger partial charge in [-0.3, -0.25) is 4.79 Å². The Bertz CT molecular complexity index is 1140. The molecule has 0 aliphatic heterocycles. The van der Waals surface area contributed by atoms with Crippen LogP contribution in [0.25, 0.3) is 10.9 Å². The van der Waals surface area contributed by atoms with Crippen LogP contribution in [0.3, 0.4) is 0 Å². The average molecular weight is 404 g/mol. The van der Waals surface area contributed by atoms with Crippen molar-refractivity contribution in [2.24, 2.45) is 5.10 Å². The lowest BCUT2D eigenvalue weighted by atomic mass is 9.99. The molecule has 156 valence electrons. The standard InChI is InChI=1S/C25H29N3O2/c1-17(2)20-14-13-18(3)15-23(20)30-16-24-26-22-12-8-7-11-21(22)25(29)28(24)27-19-9-5-4-6-10-19/h7-8,11-15,17H,4-6,9-10,16H2,1-3H3. The van der Waals surface area contributed by atoms with E-state index >= 15 is 0 Å². The first-order chi connectivity index (χ1) is 14.5. The quantitative estimate of drug-likeness (QED) is 0.559. The molecule has 1 aromatic heterocycles. The Kier molecular flexibility index (Phi) is 5.98. The minimum absolute atomic E-state index is 0.134. The van der Waals surface area contributed by atoms with E-state index in [4.69, 9.17) is 14.8 Å². The fourth-order valence-electron chi connectivity index (χ4n) is 3.95. The number of benzene rings is 2. The SMILES string of the molecule is Cc1ccc(C(C)C)c(OCc2nc3ccccc3c(=O)n2N=C2CCCCC2)c1. The van der Waals surface area contributed by atoms with E-state index in [2.05, 4.69) is 32.9 Å².